The minimum atomic E-state index is 0.295. The van der Waals surface area contributed by atoms with Gasteiger partial charge in [-0.25, -0.2) is 0 Å². The van der Waals surface area contributed by atoms with Crippen LogP contribution in [0, 0.1) is 0 Å². The van der Waals surface area contributed by atoms with E-state index in [1.807, 2.05) is 6.07 Å². The van der Waals surface area contributed by atoms with E-state index >= 15 is 0 Å². The lowest BCUT2D eigenvalue weighted by Crippen LogP contribution is -2.21. The molecule has 0 amide bonds. The van der Waals surface area contributed by atoms with Gasteiger partial charge in [-0.05, 0) is 24.8 Å². The first kappa shape index (κ1) is 9.69. The smallest absolute Gasteiger partial charge is 0.0702 e. The van der Waals surface area contributed by atoms with Crippen LogP contribution in [0.25, 0.3) is 0 Å². The van der Waals surface area contributed by atoms with Crippen LogP contribution < -0.4 is 5.73 Å². The maximum absolute atomic E-state index is 5.79. The molecule has 1 aliphatic heterocycles. The maximum Gasteiger partial charge on any atom is 0.0702 e. The van der Waals surface area contributed by atoms with Crippen LogP contribution in [0.4, 0.5) is 0 Å². The van der Waals surface area contributed by atoms with E-state index in [1.54, 1.807) is 0 Å². The van der Waals surface area contributed by atoms with E-state index in [4.69, 9.17) is 10.5 Å². The fourth-order valence-corrected chi connectivity index (χ4v) is 1.98. The largest absolute Gasteiger partial charge is 0.373 e. The van der Waals surface area contributed by atoms with Crippen LogP contribution in [0.1, 0.15) is 18.4 Å². The van der Waals surface area contributed by atoms with Gasteiger partial charge >= 0.3 is 0 Å². The Labute approximate surface area is 85.1 Å². The second kappa shape index (κ2) is 4.58. The molecule has 2 N–H and O–H groups in total. The van der Waals surface area contributed by atoms with Crippen LogP contribution in [-0.2, 0) is 11.2 Å². The summed E-state index contributed by atoms with van der Waals surface area (Å²) >= 11 is 0. The van der Waals surface area contributed by atoms with Crippen molar-refractivity contribution in [2.45, 2.75) is 31.5 Å². The summed E-state index contributed by atoms with van der Waals surface area (Å²) in [6.45, 7) is 0.658. The van der Waals surface area contributed by atoms with Crippen LogP contribution in [0.2, 0.25) is 0 Å². The highest BCUT2D eigenvalue weighted by Crippen LogP contribution is 2.21. The molecule has 0 saturated carbocycles. The molecular formula is C12H17NO. The van der Waals surface area contributed by atoms with Crippen molar-refractivity contribution in [3.05, 3.63) is 35.9 Å². The Kier molecular flexibility index (Phi) is 3.17. The molecule has 2 heteroatoms. The first-order valence-electron chi connectivity index (χ1n) is 5.28. The summed E-state index contributed by atoms with van der Waals surface area (Å²) in [4.78, 5) is 0. The molecule has 0 aromatic heterocycles. The van der Waals surface area contributed by atoms with Gasteiger partial charge in [0, 0.05) is 6.54 Å². The zero-order valence-electron chi connectivity index (χ0n) is 8.36. The van der Waals surface area contributed by atoms with E-state index in [2.05, 4.69) is 24.3 Å². The third-order valence-corrected chi connectivity index (χ3v) is 2.76. The summed E-state index contributed by atoms with van der Waals surface area (Å²) < 4.78 is 5.79. The first-order valence-corrected chi connectivity index (χ1v) is 5.28. The Morgan fingerprint density at radius 1 is 1.14 bits per heavy atom. The lowest BCUT2D eigenvalue weighted by Gasteiger charge is -2.11. The molecule has 0 spiro atoms. The Morgan fingerprint density at radius 2 is 1.86 bits per heavy atom. The molecule has 1 heterocycles. The van der Waals surface area contributed by atoms with Gasteiger partial charge in [-0.2, -0.15) is 0 Å². The summed E-state index contributed by atoms with van der Waals surface area (Å²) in [6, 6.07) is 10.5. The van der Waals surface area contributed by atoms with Gasteiger partial charge < -0.3 is 10.5 Å². The molecule has 1 fully saturated rings. The number of ether oxygens (including phenoxy) is 1. The number of nitrogens with two attached hydrogens (primary N) is 1. The third kappa shape index (κ3) is 2.34. The fourth-order valence-electron chi connectivity index (χ4n) is 1.98. The van der Waals surface area contributed by atoms with Crippen molar-refractivity contribution in [2.75, 3.05) is 6.54 Å². The van der Waals surface area contributed by atoms with E-state index in [0.29, 0.717) is 18.8 Å². The van der Waals surface area contributed by atoms with Crippen molar-refractivity contribution in [1.82, 2.24) is 0 Å². The lowest BCUT2D eigenvalue weighted by molar-refractivity contribution is 0.0507. The number of hydrogen-bond acceptors (Lipinski definition) is 2. The number of rotatable bonds is 3. The van der Waals surface area contributed by atoms with Crippen molar-refractivity contribution < 1.29 is 4.74 Å². The Bertz CT molecular complexity index is 273. The highest BCUT2D eigenvalue weighted by Gasteiger charge is 2.23. The minimum absolute atomic E-state index is 0.295. The van der Waals surface area contributed by atoms with Crippen LogP contribution >= 0.6 is 0 Å². The zero-order chi connectivity index (χ0) is 9.80. The standard InChI is InChI=1S/C12H17NO/c13-9-12-7-6-11(14-12)8-10-4-2-1-3-5-10/h1-5,11-12H,6-9,13H2. The van der Waals surface area contributed by atoms with Crippen molar-refractivity contribution in [1.29, 1.82) is 0 Å². The van der Waals surface area contributed by atoms with E-state index in [1.165, 1.54) is 5.56 Å². The number of benzene rings is 1. The minimum Gasteiger partial charge on any atom is -0.373 e. The molecule has 2 nitrogen and oxygen atoms in total. The van der Waals surface area contributed by atoms with Crippen molar-refractivity contribution in [2.24, 2.45) is 5.73 Å². The fraction of sp³-hybridized carbons (Fsp3) is 0.500. The van der Waals surface area contributed by atoms with Crippen LogP contribution in [0.15, 0.2) is 30.3 Å². The topological polar surface area (TPSA) is 35.2 Å². The average Bonchev–Trinajstić information content (AvgIpc) is 2.67. The normalized spacial score (nSPS) is 26.6. The van der Waals surface area contributed by atoms with Crippen LogP contribution in [0.3, 0.4) is 0 Å². The molecule has 0 aliphatic carbocycles. The number of hydrogen-bond donors (Lipinski definition) is 1. The molecule has 2 unspecified atom stereocenters. The van der Waals surface area contributed by atoms with Gasteiger partial charge in [0.2, 0.25) is 0 Å². The second-order valence-corrected chi connectivity index (χ2v) is 3.88. The summed E-state index contributed by atoms with van der Waals surface area (Å²) in [5.74, 6) is 0. The molecule has 0 radical (unpaired) electrons. The van der Waals surface area contributed by atoms with Gasteiger partial charge in [0.05, 0.1) is 12.2 Å². The molecule has 1 aromatic carbocycles. The van der Waals surface area contributed by atoms with Gasteiger partial charge in [0.25, 0.3) is 0 Å². The van der Waals surface area contributed by atoms with Crippen LogP contribution in [0.5, 0.6) is 0 Å². The molecule has 0 bridgehead atoms. The van der Waals surface area contributed by atoms with Crippen molar-refractivity contribution in [3.8, 4) is 0 Å². The SMILES string of the molecule is NCC1CCC(Cc2ccccc2)O1. The molecule has 1 aromatic rings. The third-order valence-electron chi connectivity index (χ3n) is 2.76. The quantitative estimate of drug-likeness (QED) is 0.789. The predicted octanol–water partition coefficient (Wildman–Crippen LogP) is 1.74. The summed E-state index contributed by atoms with van der Waals surface area (Å²) in [6.07, 6.45) is 3.97. The summed E-state index contributed by atoms with van der Waals surface area (Å²) in [5, 5.41) is 0. The van der Waals surface area contributed by atoms with Gasteiger partial charge in [0.15, 0.2) is 0 Å². The van der Waals surface area contributed by atoms with Crippen LogP contribution in [-0.4, -0.2) is 18.8 Å². The van der Waals surface area contributed by atoms with Gasteiger partial charge in [-0.3, -0.25) is 0 Å². The van der Waals surface area contributed by atoms with E-state index < -0.39 is 0 Å². The van der Waals surface area contributed by atoms with Gasteiger partial charge in [-0.1, -0.05) is 30.3 Å². The van der Waals surface area contributed by atoms with Crippen molar-refractivity contribution in [3.63, 3.8) is 0 Å². The van der Waals surface area contributed by atoms with Crippen molar-refractivity contribution >= 4 is 0 Å². The maximum atomic E-state index is 5.79. The predicted molar refractivity (Wildman–Crippen MR) is 57.1 cm³/mol. The Hall–Kier alpha value is -0.860. The molecular weight excluding hydrogens is 174 g/mol. The van der Waals surface area contributed by atoms with E-state index in [-0.39, 0.29) is 0 Å². The Balaban J connectivity index is 1.88. The molecule has 1 aliphatic rings. The van der Waals surface area contributed by atoms with Gasteiger partial charge in [0.1, 0.15) is 0 Å². The highest BCUT2D eigenvalue weighted by atomic mass is 16.5. The molecule has 2 rings (SSSR count). The Morgan fingerprint density at radius 3 is 2.50 bits per heavy atom. The monoisotopic (exact) mass is 191 g/mol. The second-order valence-electron chi connectivity index (χ2n) is 3.88. The van der Waals surface area contributed by atoms with E-state index in [0.717, 1.165) is 19.3 Å². The molecule has 2 atom stereocenters. The van der Waals surface area contributed by atoms with Gasteiger partial charge in [-0.15, -0.1) is 0 Å². The zero-order valence-corrected chi connectivity index (χ0v) is 8.36. The summed E-state index contributed by atoms with van der Waals surface area (Å²) in [7, 11) is 0. The molecule has 76 valence electrons. The molecule has 14 heavy (non-hydrogen) atoms. The highest BCUT2D eigenvalue weighted by molar-refractivity contribution is 5.15. The average molecular weight is 191 g/mol. The molecule has 1 saturated heterocycles. The summed E-state index contributed by atoms with van der Waals surface area (Å²) in [5.41, 5.74) is 6.92. The first-order chi connectivity index (χ1) is 6.88. The van der Waals surface area contributed by atoms with E-state index in [9.17, 15) is 0 Å². The lowest BCUT2D eigenvalue weighted by atomic mass is 10.1.